The fourth-order valence-electron chi connectivity index (χ4n) is 1.94. The molecule has 0 atom stereocenters. The SMILES string of the molecule is CC(C)CCCCCCc1ccccc1O.[Na]. The molecule has 0 spiro atoms. The molecule has 0 aromatic heterocycles. The number of hydrogen-bond donors (Lipinski definition) is 1. The molecule has 17 heavy (non-hydrogen) atoms. The standard InChI is InChI=1S/C15H24O.Na/c1-13(2)9-5-3-4-6-10-14-11-7-8-12-15(14)16;/h7-8,11-13,16H,3-6,9-10H2,1-2H3;. The molecule has 0 saturated carbocycles. The number of hydrogen-bond acceptors (Lipinski definition) is 1. The Hall–Kier alpha value is 0.0200. The number of para-hydroxylation sites is 1. The van der Waals surface area contributed by atoms with Crippen molar-refractivity contribution >= 4 is 29.6 Å². The Labute approximate surface area is 128 Å². The molecule has 0 bridgehead atoms. The molecule has 1 N–H and O–H groups in total. The van der Waals surface area contributed by atoms with E-state index in [1.165, 1.54) is 32.1 Å². The Balaban J connectivity index is 0.00000256. The van der Waals surface area contributed by atoms with Crippen molar-refractivity contribution in [2.45, 2.75) is 52.4 Å². The number of unbranched alkanes of at least 4 members (excludes halogenated alkanes) is 3. The number of aryl methyl sites for hydroxylation is 1. The van der Waals surface area contributed by atoms with Gasteiger partial charge < -0.3 is 5.11 Å². The Kier molecular flexibility index (Phi) is 10.0. The summed E-state index contributed by atoms with van der Waals surface area (Å²) in [6.45, 7) is 4.56. The number of phenols is 1. The zero-order valence-corrected chi connectivity index (χ0v) is 13.6. The smallest absolute Gasteiger partial charge is 0.118 e. The van der Waals surface area contributed by atoms with E-state index in [0.29, 0.717) is 5.75 Å². The van der Waals surface area contributed by atoms with Crippen LogP contribution in [0.3, 0.4) is 0 Å². The maximum atomic E-state index is 9.59. The first-order valence-corrected chi connectivity index (χ1v) is 6.47. The predicted octanol–water partition coefficient (Wildman–Crippen LogP) is 4.16. The normalized spacial score (nSPS) is 10.3. The Morgan fingerprint density at radius 2 is 1.65 bits per heavy atom. The van der Waals surface area contributed by atoms with Crippen LogP contribution >= 0.6 is 0 Å². The van der Waals surface area contributed by atoms with Gasteiger partial charge in [-0.05, 0) is 30.4 Å². The van der Waals surface area contributed by atoms with Crippen LogP contribution in [0, 0.1) is 5.92 Å². The van der Waals surface area contributed by atoms with E-state index in [1.807, 2.05) is 18.2 Å². The number of phenolic OH excluding ortho intramolecular Hbond substituents is 1. The quantitative estimate of drug-likeness (QED) is 0.563. The van der Waals surface area contributed by atoms with Crippen molar-refractivity contribution in [1.29, 1.82) is 0 Å². The van der Waals surface area contributed by atoms with E-state index in [0.717, 1.165) is 17.9 Å². The van der Waals surface area contributed by atoms with Crippen LogP contribution in [-0.2, 0) is 6.42 Å². The molecule has 1 radical (unpaired) electrons. The summed E-state index contributed by atoms with van der Waals surface area (Å²) in [4.78, 5) is 0. The second kappa shape index (κ2) is 9.99. The van der Waals surface area contributed by atoms with E-state index < -0.39 is 0 Å². The maximum absolute atomic E-state index is 9.59. The first-order valence-electron chi connectivity index (χ1n) is 6.47. The van der Waals surface area contributed by atoms with E-state index in [9.17, 15) is 5.11 Å². The van der Waals surface area contributed by atoms with Gasteiger partial charge in [0, 0.05) is 29.6 Å². The zero-order valence-electron chi connectivity index (χ0n) is 11.6. The monoisotopic (exact) mass is 243 g/mol. The predicted molar refractivity (Wildman–Crippen MR) is 75.5 cm³/mol. The van der Waals surface area contributed by atoms with Crippen LogP contribution in [0.25, 0.3) is 0 Å². The van der Waals surface area contributed by atoms with E-state index in [1.54, 1.807) is 6.07 Å². The topological polar surface area (TPSA) is 20.2 Å². The Bertz CT molecular complexity index is 297. The minimum Gasteiger partial charge on any atom is -0.508 e. The molecule has 0 aliphatic rings. The molecule has 0 amide bonds. The van der Waals surface area contributed by atoms with Gasteiger partial charge in [-0.25, -0.2) is 0 Å². The van der Waals surface area contributed by atoms with Gasteiger partial charge in [0.1, 0.15) is 5.75 Å². The van der Waals surface area contributed by atoms with E-state index in [2.05, 4.69) is 13.8 Å². The molecular weight excluding hydrogens is 219 g/mol. The van der Waals surface area contributed by atoms with Crippen molar-refractivity contribution in [3.63, 3.8) is 0 Å². The molecule has 0 fully saturated rings. The minimum absolute atomic E-state index is 0. The van der Waals surface area contributed by atoms with Crippen molar-refractivity contribution in [1.82, 2.24) is 0 Å². The molecule has 0 unspecified atom stereocenters. The van der Waals surface area contributed by atoms with Crippen LogP contribution in [0.1, 0.15) is 51.5 Å². The molecule has 91 valence electrons. The summed E-state index contributed by atoms with van der Waals surface area (Å²) in [5.74, 6) is 1.28. The summed E-state index contributed by atoms with van der Waals surface area (Å²) >= 11 is 0. The van der Waals surface area contributed by atoms with Crippen LogP contribution in [-0.4, -0.2) is 34.7 Å². The average molecular weight is 243 g/mol. The van der Waals surface area contributed by atoms with Crippen molar-refractivity contribution in [3.8, 4) is 5.75 Å². The molecular formula is C15H24NaO. The van der Waals surface area contributed by atoms with Gasteiger partial charge in [-0.15, -0.1) is 0 Å². The van der Waals surface area contributed by atoms with Crippen LogP contribution in [0.5, 0.6) is 5.75 Å². The van der Waals surface area contributed by atoms with Crippen LogP contribution in [0.15, 0.2) is 24.3 Å². The van der Waals surface area contributed by atoms with Crippen molar-refractivity contribution in [2.24, 2.45) is 5.92 Å². The number of aromatic hydroxyl groups is 1. The van der Waals surface area contributed by atoms with E-state index >= 15 is 0 Å². The third-order valence-corrected chi connectivity index (χ3v) is 2.97. The van der Waals surface area contributed by atoms with Gasteiger partial charge in [-0.2, -0.15) is 0 Å². The van der Waals surface area contributed by atoms with Gasteiger partial charge in [-0.3, -0.25) is 0 Å². The zero-order chi connectivity index (χ0) is 11.8. The Morgan fingerprint density at radius 1 is 1.00 bits per heavy atom. The summed E-state index contributed by atoms with van der Waals surface area (Å²) in [6, 6.07) is 7.66. The largest absolute Gasteiger partial charge is 0.508 e. The van der Waals surface area contributed by atoms with Gasteiger partial charge in [0.2, 0.25) is 0 Å². The fraction of sp³-hybridized carbons (Fsp3) is 0.600. The molecule has 1 aromatic carbocycles. The molecule has 1 nitrogen and oxygen atoms in total. The van der Waals surface area contributed by atoms with Crippen molar-refractivity contribution in [2.75, 3.05) is 0 Å². The van der Waals surface area contributed by atoms with Gasteiger partial charge in [-0.1, -0.05) is 57.7 Å². The van der Waals surface area contributed by atoms with Crippen LogP contribution in [0.2, 0.25) is 0 Å². The average Bonchev–Trinajstić information content (AvgIpc) is 2.25. The molecule has 1 rings (SSSR count). The van der Waals surface area contributed by atoms with Gasteiger partial charge >= 0.3 is 0 Å². The van der Waals surface area contributed by atoms with Crippen LogP contribution < -0.4 is 0 Å². The van der Waals surface area contributed by atoms with E-state index in [4.69, 9.17) is 0 Å². The Morgan fingerprint density at radius 3 is 2.29 bits per heavy atom. The second-order valence-corrected chi connectivity index (χ2v) is 4.98. The summed E-state index contributed by atoms with van der Waals surface area (Å²) in [5, 5.41) is 9.59. The summed E-state index contributed by atoms with van der Waals surface area (Å²) < 4.78 is 0. The third-order valence-electron chi connectivity index (χ3n) is 2.97. The number of rotatable bonds is 7. The van der Waals surface area contributed by atoms with Gasteiger partial charge in [0.05, 0.1) is 0 Å². The van der Waals surface area contributed by atoms with Gasteiger partial charge in [0.15, 0.2) is 0 Å². The molecule has 0 saturated heterocycles. The molecule has 0 aliphatic carbocycles. The summed E-state index contributed by atoms with van der Waals surface area (Å²) in [7, 11) is 0. The molecule has 0 heterocycles. The minimum atomic E-state index is 0. The van der Waals surface area contributed by atoms with E-state index in [-0.39, 0.29) is 29.6 Å². The van der Waals surface area contributed by atoms with Crippen molar-refractivity contribution < 1.29 is 5.11 Å². The fourth-order valence-corrected chi connectivity index (χ4v) is 1.94. The van der Waals surface area contributed by atoms with Crippen molar-refractivity contribution in [3.05, 3.63) is 29.8 Å². The first kappa shape index (κ1) is 17.0. The van der Waals surface area contributed by atoms with Gasteiger partial charge in [0.25, 0.3) is 0 Å². The molecule has 2 heteroatoms. The molecule has 0 aliphatic heterocycles. The van der Waals surface area contributed by atoms with Crippen LogP contribution in [0.4, 0.5) is 0 Å². The summed E-state index contributed by atoms with van der Waals surface area (Å²) in [6.07, 6.45) is 7.49. The third kappa shape index (κ3) is 7.86. The number of benzene rings is 1. The second-order valence-electron chi connectivity index (χ2n) is 4.98. The maximum Gasteiger partial charge on any atom is 0.118 e. The molecule has 1 aromatic rings. The summed E-state index contributed by atoms with van der Waals surface area (Å²) in [5.41, 5.74) is 1.09. The first-order chi connectivity index (χ1) is 7.70.